The maximum atomic E-state index is 11.8. The van der Waals surface area contributed by atoms with Crippen molar-refractivity contribution in [1.29, 1.82) is 0 Å². The fraction of sp³-hybridized carbons (Fsp3) is 0.429. The molecular weight excluding hydrogens is 367 g/mol. The molecule has 2 aromatic rings. The molecule has 3 nitrogen and oxygen atoms in total. The predicted octanol–water partition coefficient (Wildman–Crippen LogP) is -2.96. The van der Waals surface area contributed by atoms with Crippen molar-refractivity contribution in [3.05, 3.63) is 71.8 Å². The number of likely N-dealkylation sites (N-methyl/N-ethyl adjacent to an activating group) is 1. The number of halogens is 2. The minimum Gasteiger partial charge on any atom is -1.00 e. The summed E-state index contributed by atoms with van der Waals surface area (Å²) in [5.41, 5.74) is 0.974. The van der Waals surface area contributed by atoms with Gasteiger partial charge in [0.15, 0.2) is 0 Å². The molecule has 1 N–H and O–H groups in total. The molecule has 0 aliphatic carbocycles. The van der Waals surface area contributed by atoms with Gasteiger partial charge in [-0.15, -0.1) is 0 Å². The highest BCUT2D eigenvalue weighted by atomic mass is 35.5. The summed E-state index contributed by atoms with van der Waals surface area (Å²) in [6.45, 7) is 7.40. The van der Waals surface area contributed by atoms with Gasteiger partial charge in [-0.25, -0.2) is 0 Å². The lowest BCUT2D eigenvalue weighted by Gasteiger charge is -2.40. The summed E-state index contributed by atoms with van der Waals surface area (Å²) in [4.78, 5) is 4.84. The third-order valence-corrected chi connectivity index (χ3v) is 5.27. The zero-order chi connectivity index (χ0) is 17.0. The molecule has 1 atom stereocenters. The van der Waals surface area contributed by atoms with Gasteiger partial charge in [-0.05, 0) is 18.2 Å². The molecule has 0 aromatic heterocycles. The highest BCUT2D eigenvalue weighted by molar-refractivity contribution is 5.36. The molecule has 0 bridgehead atoms. The molecule has 1 unspecified atom stereocenters. The molecular formula is C21H30Cl2N2O. The van der Waals surface area contributed by atoms with Crippen molar-refractivity contribution in [2.24, 2.45) is 5.92 Å². The molecule has 1 saturated heterocycles. The summed E-state index contributed by atoms with van der Waals surface area (Å²) >= 11 is 0. The van der Waals surface area contributed by atoms with Crippen LogP contribution in [0.15, 0.2) is 60.7 Å². The monoisotopic (exact) mass is 396 g/mol. The average Bonchev–Trinajstić information content (AvgIpc) is 2.64. The third-order valence-electron chi connectivity index (χ3n) is 5.27. The van der Waals surface area contributed by atoms with Crippen molar-refractivity contribution in [3.63, 3.8) is 0 Å². The first-order chi connectivity index (χ1) is 11.6. The highest BCUT2D eigenvalue weighted by Crippen LogP contribution is 2.37. The van der Waals surface area contributed by atoms with E-state index in [1.807, 2.05) is 60.7 Å². The van der Waals surface area contributed by atoms with Gasteiger partial charge in [0.2, 0.25) is 0 Å². The summed E-state index contributed by atoms with van der Waals surface area (Å²) in [5.74, 6) is 0.103. The van der Waals surface area contributed by atoms with E-state index in [1.54, 1.807) is 0 Å². The molecule has 1 aliphatic rings. The first-order valence-corrected chi connectivity index (χ1v) is 8.85. The van der Waals surface area contributed by atoms with E-state index in [0.717, 1.165) is 43.9 Å². The fourth-order valence-electron chi connectivity index (χ4n) is 3.67. The Hall–Kier alpha value is -1.10. The Balaban J connectivity index is 0. The van der Waals surface area contributed by atoms with Crippen molar-refractivity contribution in [1.82, 2.24) is 9.80 Å². The summed E-state index contributed by atoms with van der Waals surface area (Å²) in [6, 6.07) is 20.2. The lowest BCUT2D eigenvalue weighted by molar-refractivity contribution is -0.001000. The van der Waals surface area contributed by atoms with Crippen LogP contribution in [0.1, 0.15) is 20.9 Å². The lowest BCUT2D eigenvalue weighted by atomic mass is 9.76. The molecule has 1 heterocycles. The molecule has 144 valence electrons. The van der Waals surface area contributed by atoms with Crippen LogP contribution in [0.25, 0.3) is 0 Å². The maximum absolute atomic E-state index is 11.8. The van der Waals surface area contributed by atoms with Crippen LogP contribution in [0.4, 0.5) is 0 Å². The second-order valence-electron chi connectivity index (χ2n) is 7.00. The van der Waals surface area contributed by atoms with Crippen LogP contribution in [0.5, 0.6) is 0 Å². The summed E-state index contributed by atoms with van der Waals surface area (Å²) in [5, 5.41) is 11.8. The SMILES string of the molecule is CC(CN1CCN(C)CC1)C(O)(c1ccccc1)c1ccccc1.[Cl-].[Cl-].[H+].[H+]. The van der Waals surface area contributed by atoms with Gasteiger partial charge >= 0.3 is 2.85 Å². The van der Waals surface area contributed by atoms with E-state index in [0.29, 0.717) is 0 Å². The number of benzene rings is 2. The fourth-order valence-corrected chi connectivity index (χ4v) is 3.67. The van der Waals surface area contributed by atoms with E-state index in [-0.39, 0.29) is 33.6 Å². The van der Waals surface area contributed by atoms with Gasteiger partial charge in [-0.1, -0.05) is 67.6 Å². The van der Waals surface area contributed by atoms with Crippen LogP contribution in [0, 0.1) is 5.92 Å². The van der Waals surface area contributed by atoms with Crippen LogP contribution < -0.4 is 24.8 Å². The van der Waals surface area contributed by atoms with Crippen molar-refractivity contribution in [2.45, 2.75) is 12.5 Å². The molecule has 0 radical (unpaired) electrons. The lowest BCUT2D eigenvalue weighted by Crippen LogP contribution is -3.00. The first-order valence-electron chi connectivity index (χ1n) is 8.85. The molecule has 1 aliphatic heterocycles. The van der Waals surface area contributed by atoms with Crippen molar-refractivity contribution in [3.8, 4) is 0 Å². The molecule has 5 heteroatoms. The van der Waals surface area contributed by atoms with Gasteiger partial charge in [-0.3, -0.25) is 0 Å². The Bertz CT molecular complexity index is 602. The Labute approximate surface area is 172 Å². The molecule has 0 saturated carbocycles. The molecule has 0 spiro atoms. The zero-order valence-corrected chi connectivity index (χ0v) is 17.0. The average molecular weight is 397 g/mol. The minimum atomic E-state index is -0.966. The number of piperazine rings is 1. The zero-order valence-electron chi connectivity index (χ0n) is 17.5. The maximum Gasteiger partial charge on any atom is 1.00 e. The highest BCUT2D eigenvalue weighted by Gasteiger charge is 2.38. The summed E-state index contributed by atoms with van der Waals surface area (Å²) in [7, 11) is 2.17. The smallest absolute Gasteiger partial charge is 1.00 e. The Morgan fingerprint density at radius 1 is 0.885 bits per heavy atom. The third kappa shape index (κ3) is 4.99. The molecule has 0 amide bonds. The molecule has 3 rings (SSSR count). The normalized spacial score (nSPS) is 17.0. The topological polar surface area (TPSA) is 26.7 Å². The van der Waals surface area contributed by atoms with Crippen LogP contribution in [-0.2, 0) is 5.60 Å². The Morgan fingerprint density at radius 3 is 1.73 bits per heavy atom. The van der Waals surface area contributed by atoms with Crippen LogP contribution >= 0.6 is 0 Å². The number of hydrogen-bond acceptors (Lipinski definition) is 3. The number of nitrogens with zero attached hydrogens (tertiary/aromatic N) is 2. The van der Waals surface area contributed by atoms with Crippen LogP contribution in [-0.4, -0.2) is 54.7 Å². The number of hydrogen-bond donors (Lipinski definition) is 1. The largest absolute Gasteiger partial charge is 1.00 e. The standard InChI is InChI=1S/C21H28N2O.2ClH/c1-18(17-23-15-13-22(2)14-16-23)21(24,19-9-5-3-6-10-19)20-11-7-4-8-12-20;;/h3-12,18,24H,13-17H2,1-2H3;2*1H. The van der Waals surface area contributed by atoms with Gasteiger partial charge in [0.1, 0.15) is 5.60 Å². The van der Waals surface area contributed by atoms with Gasteiger partial charge in [-0.2, -0.15) is 0 Å². The predicted molar refractivity (Wildman–Crippen MR) is 101 cm³/mol. The Morgan fingerprint density at radius 2 is 1.31 bits per heavy atom. The Kier molecular flexibility index (Phi) is 9.08. The van der Waals surface area contributed by atoms with E-state index >= 15 is 0 Å². The van der Waals surface area contributed by atoms with E-state index in [4.69, 9.17) is 0 Å². The van der Waals surface area contributed by atoms with Gasteiger partial charge in [0, 0.05) is 38.6 Å². The summed E-state index contributed by atoms with van der Waals surface area (Å²) in [6.07, 6.45) is 0. The van der Waals surface area contributed by atoms with Crippen molar-refractivity contribution in [2.75, 3.05) is 39.8 Å². The molecule has 26 heavy (non-hydrogen) atoms. The molecule has 2 aromatic carbocycles. The minimum absolute atomic E-state index is 0. The van der Waals surface area contributed by atoms with Crippen LogP contribution in [0.2, 0.25) is 0 Å². The van der Waals surface area contributed by atoms with E-state index < -0.39 is 5.60 Å². The van der Waals surface area contributed by atoms with Gasteiger partial charge < -0.3 is 39.7 Å². The van der Waals surface area contributed by atoms with Crippen LogP contribution in [0.3, 0.4) is 0 Å². The van der Waals surface area contributed by atoms with E-state index in [2.05, 4.69) is 23.8 Å². The number of aliphatic hydroxyl groups is 1. The number of rotatable bonds is 5. The quantitative estimate of drug-likeness (QED) is 0.584. The van der Waals surface area contributed by atoms with E-state index in [9.17, 15) is 5.11 Å². The second kappa shape index (κ2) is 10.3. The van der Waals surface area contributed by atoms with Gasteiger partial charge in [0.05, 0.1) is 0 Å². The van der Waals surface area contributed by atoms with Gasteiger partial charge in [0.25, 0.3) is 0 Å². The molecule has 1 fully saturated rings. The summed E-state index contributed by atoms with van der Waals surface area (Å²) < 4.78 is 0. The van der Waals surface area contributed by atoms with Crippen molar-refractivity contribution >= 4 is 0 Å². The van der Waals surface area contributed by atoms with Crippen molar-refractivity contribution < 1.29 is 32.8 Å². The first kappa shape index (κ1) is 22.9. The second-order valence-corrected chi connectivity index (χ2v) is 7.00. The van der Waals surface area contributed by atoms with E-state index in [1.165, 1.54) is 0 Å².